The van der Waals surface area contributed by atoms with Crippen LogP contribution in [0.1, 0.15) is 28.5 Å². The summed E-state index contributed by atoms with van der Waals surface area (Å²) in [4.78, 5) is 12.1. The zero-order valence-electron chi connectivity index (χ0n) is 11.7. The van der Waals surface area contributed by atoms with E-state index >= 15 is 0 Å². The number of nitrogens with zero attached hydrogens (tertiary/aromatic N) is 3. The van der Waals surface area contributed by atoms with E-state index in [-0.39, 0.29) is 23.4 Å². The first-order chi connectivity index (χ1) is 10.1. The quantitative estimate of drug-likeness (QED) is 0.613. The highest BCUT2D eigenvalue weighted by atomic mass is 16.5. The number of carbonyl (C=O) groups excluding carboxylic acids is 1. The summed E-state index contributed by atoms with van der Waals surface area (Å²) in [6.07, 6.45) is 0. The van der Waals surface area contributed by atoms with Gasteiger partial charge in [-0.2, -0.15) is 5.26 Å². The number of esters is 1. The third-order valence-corrected chi connectivity index (χ3v) is 2.93. The Balaban J connectivity index is 2.75. The van der Waals surface area contributed by atoms with E-state index in [0.717, 1.165) is 0 Å². The number of hydrogen-bond donors (Lipinski definition) is 0. The van der Waals surface area contributed by atoms with Crippen molar-refractivity contribution in [3.63, 3.8) is 0 Å². The molecule has 0 atom stereocenters. The van der Waals surface area contributed by atoms with Gasteiger partial charge in [-0.15, -0.1) is 0 Å². The number of para-hydroxylation sites is 1. The molecule has 2 aromatic rings. The lowest BCUT2D eigenvalue weighted by Gasteiger charge is -2.10. The van der Waals surface area contributed by atoms with E-state index in [1.54, 1.807) is 37.3 Å². The summed E-state index contributed by atoms with van der Waals surface area (Å²) in [7, 11) is 0. The lowest BCUT2D eigenvalue weighted by Crippen LogP contribution is -2.44. The minimum Gasteiger partial charge on any atom is -0.854 e. The van der Waals surface area contributed by atoms with Crippen LogP contribution in [-0.2, 0) is 4.74 Å². The van der Waals surface area contributed by atoms with Crippen LogP contribution in [0.5, 0.6) is 5.88 Å². The molecule has 0 fully saturated rings. The van der Waals surface area contributed by atoms with E-state index in [2.05, 4.69) is 5.10 Å². The minimum absolute atomic E-state index is 0.0826. The molecule has 6 nitrogen and oxygen atoms in total. The van der Waals surface area contributed by atoms with Crippen LogP contribution in [0, 0.1) is 18.3 Å². The monoisotopic (exact) mass is 283 g/mol. The standard InChI is InChI=1S/C15H13N3O3/c1-3-21-15(20)13-10(2)12(9-16)14(19)17-18(13)11-7-5-4-6-8-11/h4-8H,3H2,1-2H3. The highest BCUT2D eigenvalue weighted by Crippen LogP contribution is 2.17. The van der Waals surface area contributed by atoms with Crippen LogP contribution in [0.3, 0.4) is 0 Å². The second kappa shape index (κ2) is 6.01. The van der Waals surface area contributed by atoms with Gasteiger partial charge in [0.25, 0.3) is 0 Å². The van der Waals surface area contributed by atoms with Crippen LogP contribution in [0.2, 0.25) is 0 Å². The number of nitriles is 1. The second-order valence-corrected chi connectivity index (χ2v) is 4.23. The molecular formula is C15H13N3O3. The molecule has 1 heterocycles. The molecular weight excluding hydrogens is 270 g/mol. The summed E-state index contributed by atoms with van der Waals surface area (Å²) in [5, 5.41) is 24.8. The van der Waals surface area contributed by atoms with E-state index in [0.29, 0.717) is 5.69 Å². The van der Waals surface area contributed by atoms with Crippen molar-refractivity contribution in [2.24, 2.45) is 0 Å². The molecule has 0 saturated heterocycles. The average molecular weight is 283 g/mol. The van der Waals surface area contributed by atoms with Gasteiger partial charge in [-0.05, 0) is 23.6 Å². The highest BCUT2D eigenvalue weighted by Gasteiger charge is 2.30. The van der Waals surface area contributed by atoms with Gasteiger partial charge in [-0.1, -0.05) is 18.2 Å². The van der Waals surface area contributed by atoms with Crippen molar-refractivity contribution in [1.29, 1.82) is 5.26 Å². The summed E-state index contributed by atoms with van der Waals surface area (Å²) < 4.78 is 6.22. The molecule has 2 rings (SSSR count). The molecule has 6 heteroatoms. The first-order valence-corrected chi connectivity index (χ1v) is 6.36. The number of benzene rings is 1. The molecule has 106 valence electrons. The normalized spacial score (nSPS) is 9.95. The molecule has 0 amide bonds. The van der Waals surface area contributed by atoms with Crippen molar-refractivity contribution in [1.82, 2.24) is 5.10 Å². The van der Waals surface area contributed by atoms with Gasteiger partial charge < -0.3 is 9.84 Å². The van der Waals surface area contributed by atoms with Crippen molar-refractivity contribution in [2.45, 2.75) is 13.8 Å². The predicted molar refractivity (Wildman–Crippen MR) is 70.6 cm³/mol. The zero-order chi connectivity index (χ0) is 15.4. The Morgan fingerprint density at radius 3 is 2.67 bits per heavy atom. The number of rotatable bonds is 3. The van der Waals surface area contributed by atoms with Gasteiger partial charge in [-0.3, -0.25) is 0 Å². The third kappa shape index (κ3) is 2.67. The molecule has 0 unspecified atom stereocenters. The Hall–Kier alpha value is -2.94. The van der Waals surface area contributed by atoms with Crippen LogP contribution in [0.25, 0.3) is 5.69 Å². The first kappa shape index (κ1) is 14.5. The number of aromatic nitrogens is 2. The number of ether oxygens (including phenoxy) is 1. The van der Waals surface area contributed by atoms with Crippen molar-refractivity contribution in [3.8, 4) is 17.6 Å². The van der Waals surface area contributed by atoms with Gasteiger partial charge in [0, 0.05) is 12.1 Å². The van der Waals surface area contributed by atoms with Gasteiger partial charge in [0.15, 0.2) is 0 Å². The van der Waals surface area contributed by atoms with E-state index < -0.39 is 11.8 Å². The Kier molecular flexibility index (Phi) is 4.14. The maximum absolute atomic E-state index is 12.1. The molecule has 0 bridgehead atoms. The van der Waals surface area contributed by atoms with Gasteiger partial charge in [0.05, 0.1) is 23.6 Å². The van der Waals surface area contributed by atoms with E-state index in [1.807, 2.05) is 6.07 Å². The van der Waals surface area contributed by atoms with E-state index in [4.69, 9.17) is 10.00 Å². The Bertz CT molecular complexity index is 721. The number of hydrogen-bond acceptors (Lipinski definition) is 5. The Labute approximate surface area is 121 Å². The second-order valence-electron chi connectivity index (χ2n) is 4.23. The minimum atomic E-state index is -0.674. The molecule has 0 spiro atoms. The lowest BCUT2D eigenvalue weighted by atomic mass is 10.1. The molecule has 0 aliphatic rings. The van der Waals surface area contributed by atoms with Crippen LogP contribution < -0.4 is 9.79 Å². The molecule has 21 heavy (non-hydrogen) atoms. The molecule has 0 N–H and O–H groups in total. The molecule has 0 saturated carbocycles. The molecule has 0 aliphatic heterocycles. The predicted octanol–water partition coefficient (Wildman–Crippen LogP) is 0.789. The van der Waals surface area contributed by atoms with Crippen LogP contribution in [0.15, 0.2) is 30.3 Å². The Morgan fingerprint density at radius 2 is 2.10 bits per heavy atom. The van der Waals surface area contributed by atoms with Gasteiger partial charge >= 0.3 is 11.7 Å². The largest absolute Gasteiger partial charge is 0.854 e. The summed E-state index contributed by atoms with van der Waals surface area (Å²) in [6.45, 7) is 3.40. The van der Waals surface area contributed by atoms with Crippen molar-refractivity contribution >= 4 is 5.97 Å². The van der Waals surface area contributed by atoms with Crippen LogP contribution >= 0.6 is 0 Å². The molecule has 0 aliphatic carbocycles. The van der Waals surface area contributed by atoms with E-state index in [9.17, 15) is 9.90 Å². The SMILES string of the molecule is CCOC(=O)c1c(C)c(C#N)c([O-])n[n+]1-c1ccccc1. The maximum Gasteiger partial charge on any atom is 0.407 e. The third-order valence-electron chi connectivity index (χ3n) is 2.93. The maximum atomic E-state index is 12.1. The van der Waals surface area contributed by atoms with Gasteiger partial charge in [0.2, 0.25) is 5.69 Å². The molecule has 0 radical (unpaired) electrons. The first-order valence-electron chi connectivity index (χ1n) is 6.36. The van der Waals surface area contributed by atoms with Crippen molar-refractivity contribution < 1.29 is 19.3 Å². The average Bonchev–Trinajstić information content (AvgIpc) is 2.48. The fourth-order valence-electron chi connectivity index (χ4n) is 1.96. The summed E-state index contributed by atoms with van der Waals surface area (Å²) in [5.41, 5.74) is 0.745. The zero-order valence-corrected chi connectivity index (χ0v) is 11.7. The van der Waals surface area contributed by atoms with Crippen molar-refractivity contribution in [3.05, 3.63) is 47.2 Å². The van der Waals surface area contributed by atoms with Crippen molar-refractivity contribution in [2.75, 3.05) is 6.61 Å². The molecule has 1 aromatic carbocycles. The van der Waals surface area contributed by atoms with E-state index in [1.165, 1.54) is 11.6 Å². The summed E-state index contributed by atoms with van der Waals surface area (Å²) in [6, 6.07) is 10.5. The van der Waals surface area contributed by atoms with Crippen LogP contribution in [0.4, 0.5) is 0 Å². The fourth-order valence-corrected chi connectivity index (χ4v) is 1.96. The summed E-state index contributed by atoms with van der Waals surface area (Å²) >= 11 is 0. The summed E-state index contributed by atoms with van der Waals surface area (Å²) in [5.74, 6) is -1.30. The topological polar surface area (TPSA) is 89.9 Å². The Morgan fingerprint density at radius 1 is 1.43 bits per heavy atom. The van der Waals surface area contributed by atoms with Gasteiger partial charge in [0.1, 0.15) is 6.07 Å². The van der Waals surface area contributed by atoms with Gasteiger partial charge in [-0.25, -0.2) is 4.79 Å². The smallest absolute Gasteiger partial charge is 0.407 e. The van der Waals surface area contributed by atoms with Crippen LogP contribution in [-0.4, -0.2) is 17.7 Å². The lowest BCUT2D eigenvalue weighted by molar-refractivity contribution is -0.668. The highest BCUT2D eigenvalue weighted by molar-refractivity contribution is 5.88. The fraction of sp³-hybridized carbons (Fsp3) is 0.200. The number of carbonyl (C=O) groups is 1. The molecule has 1 aromatic heterocycles.